The van der Waals surface area contributed by atoms with E-state index >= 15 is 0 Å². The molecule has 0 unspecified atom stereocenters. The molecule has 1 aromatic carbocycles. The summed E-state index contributed by atoms with van der Waals surface area (Å²) < 4.78 is 1.86. The van der Waals surface area contributed by atoms with E-state index in [0.717, 1.165) is 31.0 Å². The van der Waals surface area contributed by atoms with Gasteiger partial charge < -0.3 is 19.9 Å². The molecule has 2 fully saturated rings. The number of carbonyl (C=O) groups is 1. The van der Waals surface area contributed by atoms with Crippen LogP contribution in [0.5, 0.6) is 0 Å². The number of nitrogens with one attached hydrogen (secondary N) is 2. The molecule has 7 nitrogen and oxygen atoms in total. The molecule has 0 bridgehead atoms. The van der Waals surface area contributed by atoms with Gasteiger partial charge >= 0.3 is 0 Å². The van der Waals surface area contributed by atoms with Crippen LogP contribution in [0, 0.1) is 6.92 Å². The standard InChI is InChI=1S/C20H22N6O/c1-14-11-26-12-17(21-10-18(26)23-14)24-19(27)15-2-4-16(5-3-15)25-9-8-22-20(13-25)6-7-20/h2-5,10-12,22H,6-9,13H2,1H3,(H,24,27). The van der Waals surface area contributed by atoms with Gasteiger partial charge in [-0.2, -0.15) is 0 Å². The first-order chi connectivity index (χ1) is 13.1. The fourth-order valence-electron chi connectivity index (χ4n) is 3.77. The largest absolute Gasteiger partial charge is 0.368 e. The summed E-state index contributed by atoms with van der Waals surface area (Å²) in [5.74, 6) is 0.343. The van der Waals surface area contributed by atoms with Crippen LogP contribution in [0.1, 0.15) is 28.9 Å². The molecule has 3 heterocycles. The van der Waals surface area contributed by atoms with E-state index < -0.39 is 0 Å². The van der Waals surface area contributed by atoms with Crippen molar-refractivity contribution in [3.8, 4) is 0 Å². The third-order valence-corrected chi connectivity index (χ3v) is 5.43. The number of nitrogens with zero attached hydrogens (tertiary/aromatic N) is 4. The lowest BCUT2D eigenvalue weighted by molar-refractivity contribution is 0.102. The van der Waals surface area contributed by atoms with Crippen LogP contribution in [0.3, 0.4) is 0 Å². The van der Waals surface area contributed by atoms with Crippen molar-refractivity contribution < 1.29 is 4.79 Å². The zero-order valence-electron chi connectivity index (χ0n) is 15.3. The monoisotopic (exact) mass is 362 g/mol. The molecule has 1 aliphatic carbocycles. The molecule has 1 saturated heterocycles. The predicted molar refractivity (Wildman–Crippen MR) is 104 cm³/mol. The highest BCUT2D eigenvalue weighted by Crippen LogP contribution is 2.38. The normalized spacial score (nSPS) is 18.0. The zero-order valence-corrected chi connectivity index (χ0v) is 15.3. The lowest BCUT2D eigenvalue weighted by Crippen LogP contribution is -2.52. The molecule has 7 heteroatoms. The number of piperazine rings is 1. The first kappa shape index (κ1) is 16.3. The van der Waals surface area contributed by atoms with Crippen molar-refractivity contribution in [2.75, 3.05) is 29.9 Å². The van der Waals surface area contributed by atoms with Gasteiger partial charge in [0.25, 0.3) is 5.91 Å². The predicted octanol–water partition coefficient (Wildman–Crippen LogP) is 2.23. The number of amides is 1. The second-order valence-corrected chi connectivity index (χ2v) is 7.55. The molecule has 2 N–H and O–H groups in total. The minimum absolute atomic E-state index is 0.163. The maximum Gasteiger partial charge on any atom is 0.256 e. The van der Waals surface area contributed by atoms with E-state index in [0.29, 0.717) is 16.9 Å². The lowest BCUT2D eigenvalue weighted by atomic mass is 10.1. The third-order valence-electron chi connectivity index (χ3n) is 5.43. The minimum atomic E-state index is -0.163. The third kappa shape index (κ3) is 3.14. The first-order valence-corrected chi connectivity index (χ1v) is 9.33. The number of aromatic nitrogens is 3. The van der Waals surface area contributed by atoms with Gasteiger partial charge in [-0.15, -0.1) is 0 Å². The molecule has 2 aromatic heterocycles. The van der Waals surface area contributed by atoms with E-state index in [1.807, 2.05) is 41.8 Å². The van der Waals surface area contributed by atoms with Gasteiger partial charge in [0, 0.05) is 42.6 Å². The fraction of sp³-hybridized carbons (Fsp3) is 0.350. The number of hydrogen-bond donors (Lipinski definition) is 2. The second kappa shape index (κ2) is 6.06. The summed E-state index contributed by atoms with van der Waals surface area (Å²) >= 11 is 0. The van der Waals surface area contributed by atoms with Crippen LogP contribution in [0.2, 0.25) is 0 Å². The number of rotatable bonds is 3. The van der Waals surface area contributed by atoms with Crippen molar-refractivity contribution in [2.24, 2.45) is 0 Å². The van der Waals surface area contributed by atoms with E-state index in [1.54, 1.807) is 12.4 Å². The van der Waals surface area contributed by atoms with Crippen LogP contribution in [0.25, 0.3) is 5.65 Å². The van der Waals surface area contributed by atoms with Crippen LogP contribution in [-0.2, 0) is 0 Å². The minimum Gasteiger partial charge on any atom is -0.368 e. The highest BCUT2D eigenvalue weighted by Gasteiger charge is 2.45. The smallest absolute Gasteiger partial charge is 0.256 e. The second-order valence-electron chi connectivity index (χ2n) is 7.55. The van der Waals surface area contributed by atoms with Gasteiger partial charge in [-0.25, -0.2) is 9.97 Å². The molecule has 27 heavy (non-hydrogen) atoms. The van der Waals surface area contributed by atoms with Gasteiger partial charge in [-0.05, 0) is 44.0 Å². The molecule has 5 rings (SSSR count). The lowest BCUT2D eigenvalue weighted by Gasteiger charge is -2.35. The zero-order chi connectivity index (χ0) is 18.4. The van der Waals surface area contributed by atoms with Crippen molar-refractivity contribution >= 4 is 23.1 Å². The SMILES string of the molecule is Cc1cn2cc(NC(=O)c3ccc(N4CCNC5(CC5)C4)cc3)ncc2n1. The number of imidazole rings is 1. The highest BCUT2D eigenvalue weighted by molar-refractivity contribution is 6.03. The summed E-state index contributed by atoms with van der Waals surface area (Å²) in [7, 11) is 0. The van der Waals surface area contributed by atoms with Crippen molar-refractivity contribution in [1.82, 2.24) is 19.7 Å². The average molecular weight is 362 g/mol. The summed E-state index contributed by atoms with van der Waals surface area (Å²) in [6, 6.07) is 7.83. The average Bonchev–Trinajstić information content (AvgIpc) is 3.30. The maximum absolute atomic E-state index is 12.6. The van der Waals surface area contributed by atoms with Gasteiger partial charge in [0.05, 0.1) is 18.1 Å². The van der Waals surface area contributed by atoms with Crippen LogP contribution in [-0.4, -0.2) is 45.4 Å². The van der Waals surface area contributed by atoms with Crippen molar-refractivity contribution in [2.45, 2.75) is 25.3 Å². The Kier molecular flexibility index (Phi) is 3.65. The summed E-state index contributed by atoms with van der Waals surface area (Å²) in [6.07, 6.45) is 7.86. The van der Waals surface area contributed by atoms with E-state index in [9.17, 15) is 4.79 Å². The Bertz CT molecular complexity index is 1000. The topological polar surface area (TPSA) is 74.6 Å². The van der Waals surface area contributed by atoms with Crippen molar-refractivity contribution in [1.29, 1.82) is 0 Å². The van der Waals surface area contributed by atoms with Crippen LogP contribution < -0.4 is 15.5 Å². The summed E-state index contributed by atoms with van der Waals surface area (Å²) in [5.41, 5.74) is 3.81. The summed E-state index contributed by atoms with van der Waals surface area (Å²) in [4.78, 5) is 23.6. The Morgan fingerprint density at radius 1 is 1.22 bits per heavy atom. The number of benzene rings is 1. The van der Waals surface area contributed by atoms with Gasteiger partial charge in [-0.1, -0.05) is 0 Å². The molecule has 0 atom stereocenters. The van der Waals surface area contributed by atoms with E-state index in [-0.39, 0.29) is 5.91 Å². The molecule has 0 radical (unpaired) electrons. The molecular formula is C20H22N6O. The Labute approximate surface area is 157 Å². The van der Waals surface area contributed by atoms with Gasteiger partial charge in [-0.3, -0.25) is 4.79 Å². The molecule has 1 spiro atoms. The fourth-order valence-corrected chi connectivity index (χ4v) is 3.77. The molecule has 3 aromatic rings. The van der Waals surface area contributed by atoms with Crippen LogP contribution >= 0.6 is 0 Å². The van der Waals surface area contributed by atoms with Crippen LogP contribution in [0.15, 0.2) is 42.9 Å². The molecule has 138 valence electrons. The Balaban J connectivity index is 1.29. The Morgan fingerprint density at radius 2 is 2.04 bits per heavy atom. The molecule has 1 saturated carbocycles. The van der Waals surface area contributed by atoms with Crippen molar-refractivity contribution in [3.05, 3.63) is 54.1 Å². The quantitative estimate of drug-likeness (QED) is 0.747. The number of aryl methyl sites for hydroxylation is 1. The maximum atomic E-state index is 12.6. The Morgan fingerprint density at radius 3 is 2.81 bits per heavy atom. The molecule has 1 amide bonds. The number of anilines is 2. The summed E-state index contributed by atoms with van der Waals surface area (Å²) in [6.45, 7) is 4.99. The van der Waals surface area contributed by atoms with Crippen molar-refractivity contribution in [3.63, 3.8) is 0 Å². The van der Waals surface area contributed by atoms with Gasteiger partial charge in [0.15, 0.2) is 5.65 Å². The van der Waals surface area contributed by atoms with Gasteiger partial charge in [0.1, 0.15) is 5.82 Å². The molecule has 2 aliphatic rings. The van der Waals surface area contributed by atoms with Crippen LogP contribution in [0.4, 0.5) is 11.5 Å². The summed E-state index contributed by atoms with van der Waals surface area (Å²) in [5, 5.41) is 6.48. The number of hydrogen-bond acceptors (Lipinski definition) is 5. The molecular weight excluding hydrogens is 340 g/mol. The van der Waals surface area contributed by atoms with E-state index in [4.69, 9.17) is 0 Å². The van der Waals surface area contributed by atoms with Gasteiger partial charge in [0.2, 0.25) is 0 Å². The van der Waals surface area contributed by atoms with E-state index in [1.165, 1.54) is 18.5 Å². The van der Waals surface area contributed by atoms with E-state index in [2.05, 4.69) is 25.5 Å². The molecule has 1 aliphatic heterocycles. The first-order valence-electron chi connectivity index (χ1n) is 9.33. The number of carbonyl (C=O) groups excluding carboxylic acids is 1. The Hall–Kier alpha value is -2.93. The highest BCUT2D eigenvalue weighted by atomic mass is 16.1. The number of fused-ring (bicyclic) bond motifs is 1.